The molecule has 5 rings (SSSR count). The van der Waals surface area contributed by atoms with Crippen LogP contribution in [-0.4, -0.2) is 102 Å². The molecule has 0 spiro atoms. The molecular formula is C30H38N8O4S2. The fourth-order valence-corrected chi connectivity index (χ4v) is 8.57. The second-order valence-electron chi connectivity index (χ2n) is 11.3. The Bertz CT molecular complexity index is 1770. The normalized spacial score (nSPS) is 15.5. The molecule has 0 radical (unpaired) electrons. The Morgan fingerprint density at radius 2 is 1.77 bits per heavy atom. The van der Waals surface area contributed by atoms with Gasteiger partial charge in [0.1, 0.15) is 12.1 Å². The van der Waals surface area contributed by atoms with Crippen LogP contribution < -0.4 is 10.6 Å². The molecule has 0 unspecified atom stereocenters. The maximum absolute atomic E-state index is 13.3. The number of piperazine rings is 1. The molecule has 2 aromatic carbocycles. The molecule has 3 N–H and O–H groups in total. The quantitative estimate of drug-likeness (QED) is 0.230. The van der Waals surface area contributed by atoms with Crippen molar-refractivity contribution in [2.45, 2.75) is 37.6 Å². The number of carboxylic acid groups (broad SMARTS) is 1. The second-order valence-corrected chi connectivity index (χ2v) is 14.5. The molecule has 0 aliphatic carbocycles. The number of fused-ring (bicyclic) bond motifs is 1. The summed E-state index contributed by atoms with van der Waals surface area (Å²) in [5, 5.41) is 15.6. The standard InChI is InChI=1S/C30H38N8O4S2/c1-19(16-37-12-14-38(15-13-37)44(41,42)28-21(3)34-29(43-28)35-30(39)40)33-27-25-11-7-10-24(26(25)31-18-32-27)23-9-6-8-22(20(23)2)17-36(4)5/h6-11,18-19H,12-17H2,1-5H3,(H,34,35)(H,39,40)(H,31,32,33)/t19-/m0/s1. The minimum atomic E-state index is -3.78. The molecule has 1 amide bonds. The summed E-state index contributed by atoms with van der Waals surface area (Å²) in [5.74, 6) is 0.763. The van der Waals surface area contributed by atoms with E-state index in [1.165, 1.54) is 15.4 Å². The number of hydrogen-bond acceptors (Lipinski definition) is 10. The van der Waals surface area contributed by atoms with Crippen LogP contribution in [0.15, 0.2) is 46.9 Å². The van der Waals surface area contributed by atoms with Crippen molar-refractivity contribution in [3.8, 4) is 11.1 Å². The van der Waals surface area contributed by atoms with E-state index >= 15 is 0 Å². The Labute approximate surface area is 261 Å². The van der Waals surface area contributed by atoms with Gasteiger partial charge in [-0.05, 0) is 57.6 Å². The number of carbonyl (C=O) groups is 1. The predicted octanol–water partition coefficient (Wildman–Crippen LogP) is 4.33. The minimum Gasteiger partial charge on any atom is -0.465 e. The summed E-state index contributed by atoms with van der Waals surface area (Å²) in [5.41, 5.74) is 5.91. The maximum atomic E-state index is 13.3. The van der Waals surface area contributed by atoms with Crippen molar-refractivity contribution in [2.24, 2.45) is 0 Å². The van der Waals surface area contributed by atoms with Gasteiger partial charge in [0.05, 0.1) is 11.2 Å². The van der Waals surface area contributed by atoms with Crippen LogP contribution in [-0.2, 0) is 16.6 Å². The van der Waals surface area contributed by atoms with Gasteiger partial charge in [0.2, 0.25) is 0 Å². The largest absolute Gasteiger partial charge is 0.465 e. The van der Waals surface area contributed by atoms with E-state index in [1.54, 1.807) is 13.3 Å². The first-order chi connectivity index (χ1) is 20.9. The molecule has 1 aliphatic heterocycles. The Hall–Kier alpha value is -3.69. The molecule has 1 saturated heterocycles. The highest BCUT2D eigenvalue weighted by Gasteiger charge is 2.32. The molecule has 1 aliphatic rings. The molecule has 234 valence electrons. The first-order valence-corrected chi connectivity index (χ1v) is 16.6. The number of para-hydroxylation sites is 1. The number of anilines is 2. The molecule has 1 atom stereocenters. The van der Waals surface area contributed by atoms with Gasteiger partial charge >= 0.3 is 6.09 Å². The van der Waals surface area contributed by atoms with Crippen molar-refractivity contribution in [1.82, 2.24) is 29.1 Å². The third-order valence-corrected chi connectivity index (χ3v) is 11.2. The van der Waals surface area contributed by atoms with E-state index in [9.17, 15) is 13.2 Å². The van der Waals surface area contributed by atoms with Crippen molar-refractivity contribution in [1.29, 1.82) is 0 Å². The van der Waals surface area contributed by atoms with Crippen LogP contribution in [0.3, 0.4) is 0 Å². The lowest BCUT2D eigenvalue weighted by Crippen LogP contribution is -2.50. The van der Waals surface area contributed by atoms with Crippen molar-refractivity contribution in [3.63, 3.8) is 0 Å². The zero-order valence-corrected chi connectivity index (χ0v) is 27.2. The lowest BCUT2D eigenvalue weighted by Gasteiger charge is -2.35. The number of aryl methyl sites for hydroxylation is 1. The molecule has 3 heterocycles. The number of amides is 1. The molecule has 2 aromatic heterocycles. The Kier molecular flexibility index (Phi) is 9.46. The van der Waals surface area contributed by atoms with Crippen molar-refractivity contribution >= 4 is 49.3 Å². The molecule has 4 aromatic rings. The molecular weight excluding hydrogens is 601 g/mol. The van der Waals surface area contributed by atoms with Gasteiger partial charge < -0.3 is 15.3 Å². The summed E-state index contributed by atoms with van der Waals surface area (Å²) in [7, 11) is 0.363. The van der Waals surface area contributed by atoms with Gasteiger partial charge in [-0.25, -0.2) is 28.2 Å². The van der Waals surface area contributed by atoms with Crippen LogP contribution in [0.4, 0.5) is 15.7 Å². The average Bonchev–Trinajstić information content (AvgIpc) is 3.34. The summed E-state index contributed by atoms with van der Waals surface area (Å²) < 4.78 is 28.1. The van der Waals surface area contributed by atoms with Crippen molar-refractivity contribution in [3.05, 3.63) is 59.5 Å². The molecule has 0 saturated carbocycles. The van der Waals surface area contributed by atoms with Crippen LogP contribution in [0.25, 0.3) is 22.0 Å². The van der Waals surface area contributed by atoms with Crippen LogP contribution in [0, 0.1) is 13.8 Å². The number of aromatic nitrogens is 3. The zero-order valence-electron chi connectivity index (χ0n) is 25.5. The average molecular weight is 639 g/mol. The number of thiazole rings is 1. The van der Waals surface area contributed by atoms with E-state index in [0.717, 1.165) is 45.7 Å². The van der Waals surface area contributed by atoms with E-state index in [0.29, 0.717) is 32.7 Å². The first kappa shape index (κ1) is 31.7. The van der Waals surface area contributed by atoms with Gasteiger partial charge in [-0.15, -0.1) is 0 Å². The Morgan fingerprint density at radius 3 is 2.48 bits per heavy atom. The van der Waals surface area contributed by atoms with Crippen LogP contribution >= 0.6 is 11.3 Å². The van der Waals surface area contributed by atoms with Crippen molar-refractivity contribution < 1.29 is 18.3 Å². The van der Waals surface area contributed by atoms with E-state index < -0.39 is 16.1 Å². The number of rotatable bonds is 10. The number of sulfonamides is 1. The van der Waals surface area contributed by atoms with Crippen LogP contribution in [0.2, 0.25) is 0 Å². The summed E-state index contributed by atoms with van der Waals surface area (Å²) in [6, 6.07) is 12.6. The number of nitrogens with one attached hydrogen (secondary N) is 2. The SMILES string of the molecule is Cc1nc(NC(=O)O)sc1S(=O)(=O)N1CCN(C[C@H](C)Nc2ncnc3c(-c4cccc(CN(C)C)c4C)cccc23)CC1. The highest BCUT2D eigenvalue weighted by atomic mass is 32.2. The van der Waals surface area contributed by atoms with Gasteiger partial charge in [-0.2, -0.15) is 4.31 Å². The topological polar surface area (TPSA) is 144 Å². The molecule has 44 heavy (non-hydrogen) atoms. The first-order valence-electron chi connectivity index (χ1n) is 14.4. The van der Waals surface area contributed by atoms with Gasteiger partial charge in [-0.1, -0.05) is 41.7 Å². The van der Waals surface area contributed by atoms with Gasteiger partial charge in [0.15, 0.2) is 9.34 Å². The zero-order chi connectivity index (χ0) is 31.6. The highest BCUT2D eigenvalue weighted by Crippen LogP contribution is 2.34. The third kappa shape index (κ3) is 6.84. The summed E-state index contributed by atoms with van der Waals surface area (Å²) >= 11 is 0.835. The van der Waals surface area contributed by atoms with E-state index in [1.807, 2.05) is 12.1 Å². The summed E-state index contributed by atoms with van der Waals surface area (Å²) in [6.45, 7) is 9.20. The predicted molar refractivity (Wildman–Crippen MR) is 174 cm³/mol. The Balaban J connectivity index is 1.26. The van der Waals surface area contributed by atoms with Gasteiger partial charge in [0, 0.05) is 56.3 Å². The van der Waals surface area contributed by atoms with Gasteiger partial charge in [0.25, 0.3) is 10.0 Å². The maximum Gasteiger partial charge on any atom is 0.410 e. The molecule has 14 heteroatoms. The number of nitrogens with zero attached hydrogens (tertiary/aromatic N) is 6. The number of hydrogen-bond donors (Lipinski definition) is 3. The third-order valence-electron chi connectivity index (χ3n) is 7.68. The van der Waals surface area contributed by atoms with E-state index in [2.05, 4.69) is 87.6 Å². The minimum absolute atomic E-state index is 0.0402. The Morgan fingerprint density at radius 1 is 1.07 bits per heavy atom. The van der Waals surface area contributed by atoms with Crippen molar-refractivity contribution in [2.75, 3.05) is 57.5 Å². The lowest BCUT2D eigenvalue weighted by atomic mass is 9.94. The molecule has 0 bridgehead atoms. The van der Waals surface area contributed by atoms with E-state index in [-0.39, 0.29) is 21.1 Å². The second kappa shape index (κ2) is 13.1. The van der Waals surface area contributed by atoms with Crippen LogP contribution in [0.1, 0.15) is 23.7 Å². The lowest BCUT2D eigenvalue weighted by molar-refractivity contribution is 0.184. The van der Waals surface area contributed by atoms with Crippen LogP contribution in [0.5, 0.6) is 0 Å². The highest BCUT2D eigenvalue weighted by molar-refractivity contribution is 7.91. The summed E-state index contributed by atoms with van der Waals surface area (Å²) in [6.07, 6.45) is 0.317. The molecule has 12 nitrogen and oxygen atoms in total. The molecule has 1 fully saturated rings. The monoisotopic (exact) mass is 638 g/mol. The smallest absolute Gasteiger partial charge is 0.410 e. The fraction of sp³-hybridized carbons (Fsp3) is 0.400. The number of benzene rings is 2. The summed E-state index contributed by atoms with van der Waals surface area (Å²) in [4.78, 5) is 28.7. The van der Waals surface area contributed by atoms with Gasteiger partial charge in [-0.3, -0.25) is 10.2 Å². The van der Waals surface area contributed by atoms with E-state index in [4.69, 9.17) is 5.11 Å². The fourth-order valence-electron chi connectivity index (χ4n) is 5.61.